The third-order valence-corrected chi connectivity index (χ3v) is 4.45. The third kappa shape index (κ3) is 1.20. The average Bonchev–Trinajstić information content (AvgIpc) is 2.81. The van der Waals surface area contributed by atoms with Crippen molar-refractivity contribution in [2.45, 2.75) is 38.1 Å². The van der Waals surface area contributed by atoms with E-state index < -0.39 is 0 Å². The van der Waals surface area contributed by atoms with Gasteiger partial charge in [0.05, 0.1) is 0 Å². The predicted molar refractivity (Wildman–Crippen MR) is 50.8 cm³/mol. The molecule has 0 aromatic rings. The molecule has 0 aromatic heterocycles. The van der Waals surface area contributed by atoms with E-state index in [4.69, 9.17) is 5.73 Å². The van der Waals surface area contributed by atoms with Gasteiger partial charge in [-0.15, -0.1) is 0 Å². The molecular weight excluding hydrogens is 154 g/mol. The molecule has 0 bridgehead atoms. The summed E-state index contributed by atoms with van der Waals surface area (Å²) in [5.41, 5.74) is 7.09. The minimum atomic E-state index is 0.287. The van der Waals surface area contributed by atoms with E-state index in [2.05, 4.69) is 18.7 Å². The number of hydrogen-bond donors (Lipinski definition) is 1. The minimum absolute atomic E-state index is 0.287. The molecule has 0 saturated heterocycles. The molecule has 1 nitrogen and oxygen atoms in total. The van der Waals surface area contributed by atoms with Gasteiger partial charge in [-0.1, -0.05) is 6.92 Å². The van der Waals surface area contributed by atoms with Gasteiger partial charge in [0.1, 0.15) is 0 Å². The zero-order valence-corrected chi connectivity index (χ0v) is 8.04. The lowest BCUT2D eigenvalue weighted by Gasteiger charge is -2.21. The monoisotopic (exact) mass is 171 g/mol. The quantitative estimate of drug-likeness (QED) is 0.700. The molecule has 2 aliphatic carbocycles. The van der Waals surface area contributed by atoms with E-state index >= 15 is 0 Å². The van der Waals surface area contributed by atoms with E-state index in [9.17, 15) is 0 Å². The van der Waals surface area contributed by atoms with Crippen molar-refractivity contribution in [1.29, 1.82) is 0 Å². The minimum Gasteiger partial charge on any atom is -0.325 e. The molecule has 0 atom stereocenters. The van der Waals surface area contributed by atoms with Gasteiger partial charge in [0.2, 0.25) is 0 Å². The van der Waals surface area contributed by atoms with Crippen LogP contribution in [0.5, 0.6) is 0 Å². The van der Waals surface area contributed by atoms with E-state index in [1.807, 2.05) is 0 Å². The van der Waals surface area contributed by atoms with Gasteiger partial charge in [-0.25, -0.2) is 0 Å². The third-order valence-electron chi connectivity index (χ3n) is 3.28. The van der Waals surface area contributed by atoms with Crippen LogP contribution in [0.1, 0.15) is 32.6 Å². The zero-order chi connectivity index (χ0) is 7.95. The van der Waals surface area contributed by atoms with Crippen LogP contribution in [0.4, 0.5) is 0 Å². The molecule has 2 fully saturated rings. The second-order valence-corrected chi connectivity index (χ2v) is 5.35. The van der Waals surface area contributed by atoms with Gasteiger partial charge in [0.25, 0.3) is 0 Å². The lowest BCUT2D eigenvalue weighted by atomic mass is 9.97. The second-order valence-electron chi connectivity index (χ2n) is 4.07. The Hall–Kier alpha value is 0.310. The van der Waals surface area contributed by atoms with E-state index in [-0.39, 0.29) is 5.54 Å². The Kier molecular flexibility index (Phi) is 1.73. The van der Waals surface area contributed by atoms with Gasteiger partial charge in [-0.05, 0) is 36.9 Å². The average molecular weight is 171 g/mol. The maximum atomic E-state index is 6.21. The largest absolute Gasteiger partial charge is 0.325 e. The highest BCUT2D eigenvalue weighted by Crippen LogP contribution is 2.63. The van der Waals surface area contributed by atoms with Crippen LogP contribution in [0.2, 0.25) is 0 Å². The van der Waals surface area contributed by atoms with Gasteiger partial charge in [-0.2, -0.15) is 11.8 Å². The first-order chi connectivity index (χ1) is 5.22. The van der Waals surface area contributed by atoms with E-state index in [0.29, 0.717) is 5.41 Å². The second kappa shape index (κ2) is 2.40. The first kappa shape index (κ1) is 7.93. The molecule has 2 heteroatoms. The predicted octanol–water partition coefficient (Wildman–Crippen LogP) is 2.01. The Balaban J connectivity index is 1.89. The zero-order valence-electron chi connectivity index (χ0n) is 7.23. The molecule has 0 unspecified atom stereocenters. The molecule has 0 amide bonds. The molecule has 0 aromatic carbocycles. The number of hydrogen-bond acceptors (Lipinski definition) is 2. The normalized spacial score (nSPS) is 30.0. The van der Waals surface area contributed by atoms with Crippen molar-refractivity contribution in [3.05, 3.63) is 0 Å². The fourth-order valence-electron chi connectivity index (χ4n) is 1.90. The Morgan fingerprint density at radius 2 is 1.91 bits per heavy atom. The Morgan fingerprint density at radius 1 is 1.27 bits per heavy atom. The fraction of sp³-hybridized carbons (Fsp3) is 1.00. The summed E-state index contributed by atoms with van der Waals surface area (Å²) >= 11 is 2.06. The molecule has 0 heterocycles. The summed E-state index contributed by atoms with van der Waals surface area (Å²) in [4.78, 5) is 0. The van der Waals surface area contributed by atoms with Crippen molar-refractivity contribution < 1.29 is 0 Å². The first-order valence-electron chi connectivity index (χ1n) is 4.59. The summed E-state index contributed by atoms with van der Waals surface area (Å²) in [6.07, 6.45) is 5.38. The van der Waals surface area contributed by atoms with Crippen molar-refractivity contribution in [3.63, 3.8) is 0 Å². The molecule has 0 radical (unpaired) electrons. The lowest BCUT2D eigenvalue weighted by molar-refractivity contribution is 0.426. The summed E-state index contributed by atoms with van der Waals surface area (Å²) in [6.45, 7) is 2.23. The maximum absolute atomic E-state index is 6.21. The molecule has 11 heavy (non-hydrogen) atoms. The van der Waals surface area contributed by atoms with E-state index in [1.54, 1.807) is 0 Å². The molecule has 2 saturated carbocycles. The molecular formula is C9H17NS. The van der Waals surface area contributed by atoms with Crippen molar-refractivity contribution >= 4 is 11.8 Å². The highest BCUT2D eigenvalue weighted by atomic mass is 32.2. The Bertz CT molecular complexity index is 159. The van der Waals surface area contributed by atoms with Crippen LogP contribution < -0.4 is 5.73 Å². The topological polar surface area (TPSA) is 26.0 Å². The number of rotatable bonds is 4. The van der Waals surface area contributed by atoms with Crippen molar-refractivity contribution in [2.24, 2.45) is 11.1 Å². The van der Waals surface area contributed by atoms with Gasteiger partial charge in [-0.3, -0.25) is 0 Å². The van der Waals surface area contributed by atoms with Crippen molar-refractivity contribution in [1.82, 2.24) is 0 Å². The highest BCUT2D eigenvalue weighted by molar-refractivity contribution is 7.99. The molecule has 2 N–H and O–H groups in total. The summed E-state index contributed by atoms with van der Waals surface area (Å²) < 4.78 is 0. The van der Waals surface area contributed by atoms with E-state index in [1.165, 1.54) is 37.2 Å². The molecule has 64 valence electrons. The van der Waals surface area contributed by atoms with Crippen LogP contribution in [0.15, 0.2) is 0 Å². The smallest absolute Gasteiger partial charge is 0.0220 e. The summed E-state index contributed by atoms with van der Waals surface area (Å²) in [5.74, 6) is 2.57. The van der Waals surface area contributed by atoms with Crippen molar-refractivity contribution in [2.75, 3.05) is 11.5 Å². The SMILES string of the molecule is CCSCC1(C2(N)CC2)CC1. The van der Waals surface area contributed by atoms with Crippen LogP contribution in [-0.2, 0) is 0 Å². The molecule has 2 rings (SSSR count). The number of nitrogens with two attached hydrogens (primary N) is 1. The summed E-state index contributed by atoms with van der Waals surface area (Å²) in [6, 6.07) is 0. The highest BCUT2D eigenvalue weighted by Gasteiger charge is 2.62. The summed E-state index contributed by atoms with van der Waals surface area (Å²) in [7, 11) is 0. The molecule has 0 spiro atoms. The Labute approximate surface area is 73.1 Å². The van der Waals surface area contributed by atoms with Crippen LogP contribution >= 0.6 is 11.8 Å². The van der Waals surface area contributed by atoms with Gasteiger partial charge in [0, 0.05) is 11.3 Å². The van der Waals surface area contributed by atoms with Crippen molar-refractivity contribution in [3.8, 4) is 0 Å². The number of thioether (sulfide) groups is 1. The van der Waals surface area contributed by atoms with Crippen LogP contribution in [-0.4, -0.2) is 17.0 Å². The van der Waals surface area contributed by atoms with Gasteiger partial charge >= 0.3 is 0 Å². The fourth-order valence-corrected chi connectivity index (χ4v) is 3.07. The van der Waals surface area contributed by atoms with Crippen LogP contribution in [0.25, 0.3) is 0 Å². The van der Waals surface area contributed by atoms with Crippen LogP contribution in [0.3, 0.4) is 0 Å². The lowest BCUT2D eigenvalue weighted by Crippen LogP contribution is -2.35. The van der Waals surface area contributed by atoms with Gasteiger partial charge in [0.15, 0.2) is 0 Å². The van der Waals surface area contributed by atoms with E-state index in [0.717, 1.165) is 0 Å². The van der Waals surface area contributed by atoms with Gasteiger partial charge < -0.3 is 5.73 Å². The standard InChI is InChI=1S/C9H17NS/c1-2-11-7-8(3-4-8)9(10)5-6-9/h2-7,10H2,1H3. The maximum Gasteiger partial charge on any atom is 0.0220 e. The van der Waals surface area contributed by atoms with Crippen LogP contribution in [0, 0.1) is 5.41 Å². The molecule has 2 aliphatic rings. The summed E-state index contributed by atoms with van der Waals surface area (Å²) in [5, 5.41) is 0. The first-order valence-corrected chi connectivity index (χ1v) is 5.75. The molecule has 0 aliphatic heterocycles. The Morgan fingerprint density at radius 3 is 2.27 bits per heavy atom.